The molecule has 0 heterocycles. The molecular formula is C17H29NO3. The van der Waals surface area contributed by atoms with Crippen molar-refractivity contribution in [2.45, 2.75) is 45.4 Å². The highest BCUT2D eigenvalue weighted by atomic mass is 16.5. The highest BCUT2D eigenvalue weighted by molar-refractivity contribution is 5.54. The van der Waals surface area contributed by atoms with Crippen molar-refractivity contribution in [2.24, 2.45) is 0 Å². The predicted octanol–water partition coefficient (Wildman–Crippen LogP) is 3.84. The Bertz CT molecular complexity index is 382. The molecule has 4 heteroatoms. The minimum atomic E-state index is 0.110. The molecule has 0 spiro atoms. The molecule has 1 aromatic carbocycles. The highest BCUT2D eigenvalue weighted by Gasteiger charge is 2.05. The van der Waals surface area contributed by atoms with Crippen LogP contribution in [0.5, 0.6) is 11.5 Å². The number of hydrogen-bond acceptors (Lipinski definition) is 4. The molecule has 0 unspecified atom stereocenters. The molecule has 0 aliphatic rings. The van der Waals surface area contributed by atoms with Crippen LogP contribution in [0.2, 0.25) is 0 Å². The van der Waals surface area contributed by atoms with E-state index in [1.54, 1.807) is 7.11 Å². The van der Waals surface area contributed by atoms with Gasteiger partial charge in [0.25, 0.3) is 0 Å². The Morgan fingerprint density at radius 3 is 2.52 bits per heavy atom. The van der Waals surface area contributed by atoms with E-state index in [-0.39, 0.29) is 6.61 Å². The summed E-state index contributed by atoms with van der Waals surface area (Å²) in [4.78, 5) is 0. The van der Waals surface area contributed by atoms with E-state index in [0.29, 0.717) is 6.54 Å². The third-order valence-corrected chi connectivity index (χ3v) is 3.36. The summed E-state index contributed by atoms with van der Waals surface area (Å²) in [7, 11) is 1.64. The number of nitrogens with one attached hydrogen (secondary N) is 1. The van der Waals surface area contributed by atoms with E-state index in [1.807, 2.05) is 18.2 Å². The minimum Gasteiger partial charge on any atom is -0.493 e. The maximum absolute atomic E-state index is 8.81. The molecule has 0 aliphatic heterocycles. The van der Waals surface area contributed by atoms with Crippen molar-refractivity contribution in [2.75, 3.05) is 32.2 Å². The Kier molecular flexibility index (Phi) is 9.46. The minimum absolute atomic E-state index is 0.110. The van der Waals surface area contributed by atoms with Crippen molar-refractivity contribution < 1.29 is 14.6 Å². The van der Waals surface area contributed by atoms with E-state index in [9.17, 15) is 0 Å². The highest BCUT2D eigenvalue weighted by Crippen LogP contribution is 2.30. The molecule has 0 aliphatic carbocycles. The summed E-state index contributed by atoms with van der Waals surface area (Å²) in [6, 6.07) is 5.75. The largest absolute Gasteiger partial charge is 0.493 e. The first-order valence-corrected chi connectivity index (χ1v) is 7.97. The zero-order valence-corrected chi connectivity index (χ0v) is 13.4. The first kappa shape index (κ1) is 17.6. The van der Waals surface area contributed by atoms with Gasteiger partial charge in [-0.05, 0) is 18.6 Å². The van der Waals surface area contributed by atoms with Gasteiger partial charge in [0.2, 0.25) is 0 Å². The standard InChI is InChI=1S/C17H29NO3/c1-3-4-5-6-7-8-13-21-16-10-9-15(18-11-12-19)14-17(16)20-2/h9-10,14,18-19H,3-8,11-13H2,1-2H3. The van der Waals surface area contributed by atoms with Gasteiger partial charge in [0.1, 0.15) is 0 Å². The Hall–Kier alpha value is -1.42. The van der Waals surface area contributed by atoms with Crippen LogP contribution in [0.15, 0.2) is 18.2 Å². The lowest BCUT2D eigenvalue weighted by atomic mass is 10.1. The van der Waals surface area contributed by atoms with Crippen molar-refractivity contribution in [1.29, 1.82) is 0 Å². The number of benzene rings is 1. The smallest absolute Gasteiger partial charge is 0.162 e. The second-order valence-electron chi connectivity index (χ2n) is 5.13. The Morgan fingerprint density at radius 1 is 1.05 bits per heavy atom. The number of aliphatic hydroxyl groups excluding tert-OH is 1. The van der Waals surface area contributed by atoms with Crippen LogP contribution in [0, 0.1) is 0 Å². The third kappa shape index (κ3) is 7.23. The SMILES string of the molecule is CCCCCCCCOc1ccc(NCCO)cc1OC. The van der Waals surface area contributed by atoms with Gasteiger partial charge >= 0.3 is 0 Å². The van der Waals surface area contributed by atoms with Gasteiger partial charge in [-0.2, -0.15) is 0 Å². The number of unbranched alkanes of at least 4 members (excludes halogenated alkanes) is 5. The Balaban J connectivity index is 2.33. The molecule has 1 aromatic rings. The van der Waals surface area contributed by atoms with Gasteiger partial charge in [-0.3, -0.25) is 0 Å². The number of rotatable bonds is 12. The first-order valence-electron chi connectivity index (χ1n) is 7.97. The summed E-state index contributed by atoms with van der Waals surface area (Å²) in [6.45, 7) is 3.60. The van der Waals surface area contributed by atoms with Gasteiger partial charge < -0.3 is 19.9 Å². The summed E-state index contributed by atoms with van der Waals surface area (Å²) in [5.41, 5.74) is 0.924. The van der Waals surface area contributed by atoms with Gasteiger partial charge in [-0.25, -0.2) is 0 Å². The van der Waals surface area contributed by atoms with Crippen molar-refractivity contribution in [3.05, 3.63) is 18.2 Å². The van der Waals surface area contributed by atoms with E-state index < -0.39 is 0 Å². The maximum atomic E-state index is 8.81. The van der Waals surface area contributed by atoms with Gasteiger partial charge in [0.15, 0.2) is 11.5 Å². The summed E-state index contributed by atoms with van der Waals surface area (Å²) in [6.07, 6.45) is 7.53. The van der Waals surface area contributed by atoms with Gasteiger partial charge in [0.05, 0.1) is 20.3 Å². The van der Waals surface area contributed by atoms with Crippen LogP contribution in [0.1, 0.15) is 45.4 Å². The molecule has 0 aromatic heterocycles. The van der Waals surface area contributed by atoms with E-state index in [4.69, 9.17) is 14.6 Å². The summed E-state index contributed by atoms with van der Waals surface area (Å²) >= 11 is 0. The van der Waals surface area contributed by atoms with Gasteiger partial charge in [0, 0.05) is 18.3 Å². The quantitative estimate of drug-likeness (QED) is 0.575. The maximum Gasteiger partial charge on any atom is 0.162 e. The van der Waals surface area contributed by atoms with Crippen LogP contribution in [-0.2, 0) is 0 Å². The predicted molar refractivity (Wildman–Crippen MR) is 87.4 cm³/mol. The molecule has 0 bridgehead atoms. The average Bonchev–Trinajstić information content (AvgIpc) is 2.52. The van der Waals surface area contributed by atoms with Crippen LogP contribution in [0.3, 0.4) is 0 Å². The molecule has 21 heavy (non-hydrogen) atoms. The summed E-state index contributed by atoms with van der Waals surface area (Å²) in [5.74, 6) is 1.50. The molecule has 1 rings (SSSR count). The van der Waals surface area contributed by atoms with Gasteiger partial charge in [-0.1, -0.05) is 39.0 Å². The first-order chi connectivity index (χ1) is 10.3. The lowest BCUT2D eigenvalue weighted by molar-refractivity contribution is 0.284. The van der Waals surface area contributed by atoms with E-state index in [1.165, 1.54) is 32.1 Å². The fourth-order valence-corrected chi connectivity index (χ4v) is 2.16. The molecule has 0 amide bonds. The van der Waals surface area contributed by atoms with E-state index >= 15 is 0 Å². The lowest BCUT2D eigenvalue weighted by Gasteiger charge is -2.13. The second-order valence-corrected chi connectivity index (χ2v) is 5.13. The monoisotopic (exact) mass is 295 g/mol. The van der Waals surface area contributed by atoms with Crippen LogP contribution < -0.4 is 14.8 Å². The normalized spacial score (nSPS) is 10.4. The molecule has 0 saturated heterocycles. The average molecular weight is 295 g/mol. The fraction of sp³-hybridized carbons (Fsp3) is 0.647. The molecule has 0 fully saturated rings. The molecule has 2 N–H and O–H groups in total. The fourth-order valence-electron chi connectivity index (χ4n) is 2.16. The zero-order chi connectivity index (χ0) is 15.3. The van der Waals surface area contributed by atoms with Crippen LogP contribution in [0.4, 0.5) is 5.69 Å². The lowest BCUT2D eigenvalue weighted by Crippen LogP contribution is -2.06. The molecule has 4 nitrogen and oxygen atoms in total. The number of hydrogen-bond donors (Lipinski definition) is 2. The van der Waals surface area contributed by atoms with Crippen molar-refractivity contribution in [1.82, 2.24) is 0 Å². The van der Waals surface area contributed by atoms with Crippen molar-refractivity contribution >= 4 is 5.69 Å². The number of methoxy groups -OCH3 is 1. The second kappa shape index (κ2) is 11.3. The molecule has 0 saturated carbocycles. The van der Waals surface area contributed by atoms with Crippen LogP contribution in [-0.4, -0.2) is 32.0 Å². The molecule has 120 valence electrons. The number of anilines is 1. The van der Waals surface area contributed by atoms with Crippen LogP contribution >= 0.6 is 0 Å². The number of aliphatic hydroxyl groups is 1. The zero-order valence-electron chi connectivity index (χ0n) is 13.4. The number of ether oxygens (including phenoxy) is 2. The topological polar surface area (TPSA) is 50.7 Å². The van der Waals surface area contributed by atoms with Crippen molar-refractivity contribution in [3.8, 4) is 11.5 Å². The van der Waals surface area contributed by atoms with E-state index in [2.05, 4.69) is 12.2 Å². The summed E-state index contributed by atoms with van der Waals surface area (Å²) < 4.78 is 11.1. The van der Waals surface area contributed by atoms with E-state index in [0.717, 1.165) is 30.2 Å². The van der Waals surface area contributed by atoms with Gasteiger partial charge in [-0.15, -0.1) is 0 Å². The van der Waals surface area contributed by atoms with Crippen LogP contribution in [0.25, 0.3) is 0 Å². The Morgan fingerprint density at radius 2 is 1.81 bits per heavy atom. The molecule has 0 atom stereocenters. The van der Waals surface area contributed by atoms with Crippen molar-refractivity contribution in [3.63, 3.8) is 0 Å². The Labute approximate surface area is 128 Å². The molecular weight excluding hydrogens is 266 g/mol. The third-order valence-electron chi connectivity index (χ3n) is 3.36. The molecule has 0 radical (unpaired) electrons. The summed E-state index contributed by atoms with van der Waals surface area (Å²) in [5, 5.41) is 11.9.